The maximum absolute atomic E-state index is 13.9. The van der Waals surface area contributed by atoms with Gasteiger partial charge in [-0.25, -0.2) is 13.2 Å². The van der Waals surface area contributed by atoms with Crippen molar-refractivity contribution in [3.05, 3.63) is 57.9 Å². The molecule has 3 rings (SSSR count). The molecule has 1 fully saturated rings. The summed E-state index contributed by atoms with van der Waals surface area (Å²) in [5.74, 6) is -5.50. The lowest BCUT2D eigenvalue weighted by molar-refractivity contribution is -0.137. The maximum atomic E-state index is 13.9. The number of amides is 1. The Morgan fingerprint density at radius 3 is 2.53 bits per heavy atom. The molecule has 0 bridgehead atoms. The van der Waals surface area contributed by atoms with Crippen molar-refractivity contribution in [3.63, 3.8) is 0 Å². The molecule has 1 saturated heterocycles. The van der Waals surface area contributed by atoms with E-state index in [2.05, 4.69) is 10.5 Å². The molecule has 0 atom stereocenters. The van der Waals surface area contributed by atoms with Gasteiger partial charge in [-0.1, -0.05) is 16.8 Å². The second-order valence-corrected chi connectivity index (χ2v) is 8.03. The summed E-state index contributed by atoms with van der Waals surface area (Å²) in [6.45, 7) is -0.138. The number of nitrogens with zero attached hydrogens (tertiary/aromatic N) is 2. The van der Waals surface area contributed by atoms with E-state index in [-0.39, 0.29) is 36.4 Å². The summed E-state index contributed by atoms with van der Waals surface area (Å²) >= 11 is 6.02. The van der Waals surface area contributed by atoms with Crippen LogP contribution in [0.1, 0.15) is 40.7 Å². The Morgan fingerprint density at radius 2 is 1.88 bits per heavy atom. The second-order valence-electron chi connectivity index (χ2n) is 7.65. The van der Waals surface area contributed by atoms with Gasteiger partial charge in [-0.05, 0) is 36.8 Å². The highest BCUT2D eigenvalue weighted by Gasteiger charge is 2.38. The molecule has 1 amide bonds. The number of amidine groups is 1. The molecule has 0 spiro atoms. The summed E-state index contributed by atoms with van der Waals surface area (Å²) in [5, 5.41) is 12.9. The molecule has 0 aliphatic carbocycles. The third kappa shape index (κ3) is 5.49. The van der Waals surface area contributed by atoms with Crippen molar-refractivity contribution in [2.24, 2.45) is 10.9 Å². The monoisotopic (exact) mass is 508 g/mol. The first kappa shape index (κ1) is 25.5. The van der Waals surface area contributed by atoms with Crippen LogP contribution in [0, 0.1) is 5.82 Å². The molecular formula is C21H19ClF6N4O2. The van der Waals surface area contributed by atoms with Crippen molar-refractivity contribution >= 4 is 34.7 Å². The van der Waals surface area contributed by atoms with Crippen LogP contribution in [0.2, 0.25) is 5.02 Å². The van der Waals surface area contributed by atoms with Gasteiger partial charge in [0.05, 0.1) is 27.4 Å². The lowest BCUT2D eigenvalue weighted by Gasteiger charge is -2.27. The minimum atomic E-state index is -4.88. The topological polar surface area (TPSA) is 91.0 Å². The van der Waals surface area contributed by atoms with E-state index in [1.165, 1.54) is 4.90 Å². The molecule has 1 aliphatic heterocycles. The van der Waals surface area contributed by atoms with Crippen molar-refractivity contribution < 1.29 is 36.3 Å². The van der Waals surface area contributed by atoms with Crippen LogP contribution in [0.5, 0.6) is 0 Å². The lowest BCUT2D eigenvalue weighted by Crippen LogP contribution is -2.29. The summed E-state index contributed by atoms with van der Waals surface area (Å²) < 4.78 is 81.9. The quantitative estimate of drug-likeness (QED) is 0.168. The van der Waals surface area contributed by atoms with Crippen LogP contribution in [-0.2, 0) is 6.18 Å². The van der Waals surface area contributed by atoms with Gasteiger partial charge >= 0.3 is 6.18 Å². The van der Waals surface area contributed by atoms with Crippen molar-refractivity contribution in [1.29, 1.82) is 0 Å². The Labute approximate surface area is 195 Å². The summed E-state index contributed by atoms with van der Waals surface area (Å²) in [4.78, 5) is 14.5. The number of alkyl halides is 5. The van der Waals surface area contributed by atoms with E-state index >= 15 is 0 Å². The first-order valence-corrected chi connectivity index (χ1v) is 10.3. The number of carbonyl (C=O) groups excluding carboxylic acids is 1. The van der Waals surface area contributed by atoms with Gasteiger partial charge in [-0.3, -0.25) is 4.79 Å². The number of halogens is 7. The molecule has 1 heterocycles. The largest absolute Gasteiger partial charge is 0.417 e. The molecule has 0 radical (unpaired) electrons. The van der Waals surface area contributed by atoms with Crippen molar-refractivity contribution in [2.75, 3.05) is 23.3 Å². The highest BCUT2D eigenvalue weighted by molar-refractivity contribution is 6.36. The second kappa shape index (κ2) is 9.61. The summed E-state index contributed by atoms with van der Waals surface area (Å²) in [5.41, 5.74) is 3.03. The third-order valence-electron chi connectivity index (χ3n) is 5.32. The average molecular weight is 509 g/mol. The molecular weight excluding hydrogens is 490 g/mol. The number of carbonyl (C=O) groups is 1. The van der Waals surface area contributed by atoms with Gasteiger partial charge in [0, 0.05) is 31.6 Å². The first-order chi connectivity index (χ1) is 15.8. The highest BCUT2D eigenvalue weighted by Crippen LogP contribution is 2.41. The van der Waals surface area contributed by atoms with E-state index < -0.39 is 58.7 Å². The zero-order chi connectivity index (χ0) is 25.3. The zero-order valence-corrected chi connectivity index (χ0v) is 18.2. The fraction of sp³-hybridized carbons (Fsp3) is 0.333. The van der Waals surface area contributed by atoms with Gasteiger partial charge in [0.2, 0.25) is 5.92 Å². The van der Waals surface area contributed by atoms with E-state index in [0.717, 1.165) is 24.3 Å². The number of oxime groups is 1. The van der Waals surface area contributed by atoms with Crippen molar-refractivity contribution in [1.82, 2.24) is 0 Å². The minimum absolute atomic E-state index is 0.0491. The van der Waals surface area contributed by atoms with Gasteiger partial charge in [0.25, 0.3) is 5.91 Å². The first-order valence-electron chi connectivity index (χ1n) is 9.95. The van der Waals surface area contributed by atoms with Gasteiger partial charge < -0.3 is 21.2 Å². The van der Waals surface area contributed by atoms with Crippen LogP contribution < -0.4 is 16.0 Å². The van der Waals surface area contributed by atoms with E-state index in [0.29, 0.717) is 6.07 Å². The molecule has 6 nitrogen and oxygen atoms in total. The molecule has 4 N–H and O–H groups in total. The Morgan fingerprint density at radius 1 is 1.18 bits per heavy atom. The predicted octanol–water partition coefficient (Wildman–Crippen LogP) is 5.47. The number of hydrogen-bond donors (Lipinski definition) is 3. The fourth-order valence-corrected chi connectivity index (χ4v) is 3.97. The number of hydrogen-bond acceptors (Lipinski definition) is 4. The number of nitrogens with one attached hydrogen (secondary N) is 1. The molecule has 184 valence electrons. The zero-order valence-electron chi connectivity index (χ0n) is 17.4. The highest BCUT2D eigenvalue weighted by atomic mass is 35.5. The normalized spacial score (nSPS) is 16.8. The standard InChI is InChI=1S/C21H19ClF6N4O2/c22-17-13(21(26,27)28)3-5-15(32-8-1-6-20(24,25)7-9-32)16(17)19(33)30-11-2-4-14(23)12(10-11)18(29)31-34/h2-5,10,34H,1,6-9H2,(H2,29,31)(H,30,33). The summed E-state index contributed by atoms with van der Waals surface area (Å²) in [6, 6.07) is 4.71. The third-order valence-corrected chi connectivity index (χ3v) is 5.71. The van der Waals surface area contributed by atoms with Crippen LogP contribution in [0.4, 0.5) is 37.7 Å². The van der Waals surface area contributed by atoms with Gasteiger partial charge in [0.15, 0.2) is 5.84 Å². The minimum Gasteiger partial charge on any atom is -0.409 e. The average Bonchev–Trinajstić information content (AvgIpc) is 2.93. The lowest BCUT2D eigenvalue weighted by atomic mass is 10.0. The SMILES string of the molecule is NC(=NO)c1cc(NC(=O)c2c(N3CCCC(F)(F)CC3)ccc(C(F)(F)F)c2Cl)ccc1F. The van der Waals surface area contributed by atoms with E-state index in [4.69, 9.17) is 22.5 Å². The van der Waals surface area contributed by atoms with E-state index in [1.807, 2.05) is 0 Å². The summed E-state index contributed by atoms with van der Waals surface area (Å²) in [7, 11) is 0. The maximum Gasteiger partial charge on any atom is 0.417 e. The molecule has 0 unspecified atom stereocenters. The Balaban J connectivity index is 2.05. The van der Waals surface area contributed by atoms with Gasteiger partial charge in [-0.15, -0.1) is 0 Å². The Bertz CT molecular complexity index is 1120. The van der Waals surface area contributed by atoms with Gasteiger partial charge in [0.1, 0.15) is 5.82 Å². The van der Waals surface area contributed by atoms with Crippen molar-refractivity contribution in [3.8, 4) is 0 Å². The molecule has 2 aromatic rings. The number of nitrogens with two attached hydrogens (primary N) is 1. The van der Waals surface area contributed by atoms with E-state index in [1.54, 1.807) is 0 Å². The Kier molecular flexibility index (Phi) is 7.20. The van der Waals surface area contributed by atoms with Crippen LogP contribution in [0.25, 0.3) is 0 Å². The number of anilines is 2. The van der Waals surface area contributed by atoms with Crippen LogP contribution in [0.3, 0.4) is 0 Å². The number of rotatable bonds is 4. The molecule has 34 heavy (non-hydrogen) atoms. The van der Waals surface area contributed by atoms with Gasteiger partial charge in [-0.2, -0.15) is 13.2 Å². The van der Waals surface area contributed by atoms with Crippen molar-refractivity contribution in [2.45, 2.75) is 31.4 Å². The predicted molar refractivity (Wildman–Crippen MR) is 114 cm³/mol. The molecule has 13 heteroatoms. The smallest absolute Gasteiger partial charge is 0.409 e. The Hall–Kier alpha value is -3.15. The summed E-state index contributed by atoms with van der Waals surface area (Å²) in [6.07, 6.45) is -5.78. The molecule has 0 saturated carbocycles. The number of benzene rings is 2. The molecule has 1 aliphatic rings. The van der Waals surface area contributed by atoms with Crippen LogP contribution >= 0.6 is 11.6 Å². The van der Waals surface area contributed by atoms with Crippen LogP contribution in [-0.4, -0.2) is 36.0 Å². The molecule has 2 aromatic carbocycles. The van der Waals surface area contributed by atoms with E-state index in [9.17, 15) is 31.1 Å². The molecule has 0 aromatic heterocycles. The fourth-order valence-electron chi connectivity index (χ4n) is 3.62. The van der Waals surface area contributed by atoms with Crippen LogP contribution in [0.15, 0.2) is 35.5 Å².